The van der Waals surface area contributed by atoms with Crippen LogP contribution in [0.1, 0.15) is 64.6 Å². The number of sulfonamides is 1. The largest absolute Gasteiger partial charge is 0.378 e. The Morgan fingerprint density at radius 1 is 0.841 bits per heavy atom. The van der Waals surface area contributed by atoms with Crippen molar-refractivity contribution < 1.29 is 18.0 Å². The van der Waals surface area contributed by atoms with Crippen molar-refractivity contribution in [3.63, 3.8) is 0 Å². The highest BCUT2D eigenvalue weighted by Crippen LogP contribution is 2.38. The lowest BCUT2D eigenvalue weighted by Crippen LogP contribution is -2.35. The van der Waals surface area contributed by atoms with Crippen molar-refractivity contribution in [2.45, 2.75) is 69.1 Å². The van der Waals surface area contributed by atoms with Crippen LogP contribution in [0.5, 0.6) is 0 Å². The highest BCUT2D eigenvalue weighted by molar-refractivity contribution is 7.90. The second-order valence-electron chi connectivity index (χ2n) is 12.2. The topological polar surface area (TPSA) is 108 Å². The van der Waals surface area contributed by atoms with Gasteiger partial charge in [-0.25, -0.2) is 17.9 Å². The van der Waals surface area contributed by atoms with Crippen molar-refractivity contribution in [3.8, 4) is 0 Å². The summed E-state index contributed by atoms with van der Waals surface area (Å²) in [5, 5.41) is 5.88. The Morgan fingerprint density at radius 3 is 2.23 bits per heavy atom. The molecule has 9 heteroatoms. The van der Waals surface area contributed by atoms with E-state index in [1.807, 2.05) is 14.1 Å². The van der Waals surface area contributed by atoms with Gasteiger partial charge in [0, 0.05) is 32.0 Å². The van der Waals surface area contributed by atoms with E-state index < -0.39 is 16.1 Å². The number of rotatable bonds is 9. The molecule has 0 spiro atoms. The van der Waals surface area contributed by atoms with Crippen LogP contribution in [0.25, 0.3) is 5.57 Å². The Bertz CT molecular complexity index is 1710. The molecule has 44 heavy (non-hydrogen) atoms. The summed E-state index contributed by atoms with van der Waals surface area (Å²) in [5.74, 6) is -0.0371. The van der Waals surface area contributed by atoms with Crippen LogP contribution in [0.2, 0.25) is 0 Å². The van der Waals surface area contributed by atoms with Crippen molar-refractivity contribution in [3.05, 3.63) is 93.6 Å². The zero-order valence-electron chi connectivity index (χ0n) is 25.5. The molecule has 3 aliphatic carbocycles. The van der Waals surface area contributed by atoms with Gasteiger partial charge in [-0.15, -0.1) is 0 Å². The van der Waals surface area contributed by atoms with Gasteiger partial charge >= 0.3 is 6.03 Å². The van der Waals surface area contributed by atoms with Crippen LogP contribution < -0.4 is 20.3 Å². The normalized spacial score (nSPS) is 15.1. The second-order valence-corrected chi connectivity index (χ2v) is 13.9. The van der Waals surface area contributed by atoms with Gasteiger partial charge in [0.25, 0.3) is 10.0 Å². The minimum absolute atomic E-state index is 0.0179. The summed E-state index contributed by atoms with van der Waals surface area (Å²) in [5.41, 5.74) is 11.2. The third kappa shape index (κ3) is 6.38. The van der Waals surface area contributed by atoms with Crippen molar-refractivity contribution >= 4 is 38.9 Å². The number of benzene rings is 3. The van der Waals surface area contributed by atoms with Crippen LogP contribution in [0.4, 0.5) is 16.2 Å². The Labute approximate surface area is 260 Å². The number of nitrogens with one attached hydrogen (secondary N) is 3. The van der Waals surface area contributed by atoms with Crippen LogP contribution >= 0.6 is 0 Å². The molecule has 3 amide bonds. The number of amides is 3. The minimum Gasteiger partial charge on any atom is -0.378 e. The fourth-order valence-corrected chi connectivity index (χ4v) is 7.67. The highest BCUT2D eigenvalue weighted by atomic mass is 32.2. The lowest BCUT2D eigenvalue weighted by atomic mass is 9.88. The molecule has 0 atom stereocenters. The molecule has 230 valence electrons. The molecular weight excluding hydrogens is 572 g/mol. The summed E-state index contributed by atoms with van der Waals surface area (Å²) in [4.78, 5) is 27.7. The lowest BCUT2D eigenvalue weighted by molar-refractivity contribution is -0.120. The zero-order chi connectivity index (χ0) is 30.8. The van der Waals surface area contributed by atoms with Crippen molar-refractivity contribution in [1.82, 2.24) is 10.0 Å². The molecule has 0 heterocycles. The first-order valence-electron chi connectivity index (χ1n) is 15.5. The average molecular weight is 613 g/mol. The molecule has 6 rings (SSSR count). The minimum atomic E-state index is -4.05. The molecule has 3 aromatic carbocycles. The van der Waals surface area contributed by atoms with Crippen LogP contribution in [-0.4, -0.2) is 41.0 Å². The molecular formula is C35H40N4O4S. The summed E-state index contributed by atoms with van der Waals surface area (Å²) in [7, 11) is 0.00364. The Kier molecular flexibility index (Phi) is 8.49. The van der Waals surface area contributed by atoms with Gasteiger partial charge in [-0.3, -0.25) is 4.79 Å². The number of anilines is 2. The number of aryl methyl sites for hydroxylation is 3. The molecule has 0 aromatic heterocycles. The third-order valence-corrected chi connectivity index (χ3v) is 10.4. The predicted octanol–water partition coefficient (Wildman–Crippen LogP) is 5.32. The Balaban J connectivity index is 1.01. The van der Waals surface area contributed by atoms with E-state index in [0.717, 1.165) is 90.6 Å². The monoisotopic (exact) mass is 612 g/mol. The zero-order valence-corrected chi connectivity index (χ0v) is 26.3. The summed E-state index contributed by atoms with van der Waals surface area (Å²) in [6.07, 6.45) is 10.8. The van der Waals surface area contributed by atoms with E-state index in [1.165, 1.54) is 28.8 Å². The number of nitrogens with zero attached hydrogens (tertiary/aromatic N) is 1. The maximum Gasteiger partial charge on any atom is 0.333 e. The maximum atomic E-state index is 13.0. The number of urea groups is 1. The van der Waals surface area contributed by atoms with Gasteiger partial charge in [-0.1, -0.05) is 30.3 Å². The first kappa shape index (κ1) is 29.9. The predicted molar refractivity (Wildman–Crippen MR) is 175 cm³/mol. The average Bonchev–Trinajstić information content (AvgIpc) is 3.67. The van der Waals surface area contributed by atoms with Gasteiger partial charge in [-0.2, -0.15) is 0 Å². The van der Waals surface area contributed by atoms with Gasteiger partial charge in [0.1, 0.15) is 0 Å². The number of carbonyl (C=O) groups is 2. The number of allylic oxidation sites excluding steroid dienone is 1. The Morgan fingerprint density at radius 2 is 1.55 bits per heavy atom. The number of hydrogen-bond donors (Lipinski definition) is 3. The fourth-order valence-electron chi connectivity index (χ4n) is 6.76. The van der Waals surface area contributed by atoms with E-state index in [9.17, 15) is 18.0 Å². The van der Waals surface area contributed by atoms with Gasteiger partial charge in [-0.05, 0) is 127 Å². The molecule has 0 fully saturated rings. The molecule has 0 saturated carbocycles. The lowest BCUT2D eigenvalue weighted by Gasteiger charge is -2.21. The van der Waals surface area contributed by atoms with Crippen LogP contribution in [0, 0.1) is 0 Å². The van der Waals surface area contributed by atoms with Crippen molar-refractivity contribution in [2.24, 2.45) is 0 Å². The molecule has 8 nitrogen and oxygen atoms in total. The van der Waals surface area contributed by atoms with Gasteiger partial charge in [0.05, 0.1) is 11.3 Å². The molecule has 3 N–H and O–H groups in total. The Hall–Kier alpha value is -4.11. The first-order chi connectivity index (χ1) is 21.2. The van der Waals surface area contributed by atoms with E-state index in [0.29, 0.717) is 19.4 Å². The number of carbonyl (C=O) groups excluding carboxylic acids is 2. The molecule has 0 radical (unpaired) electrons. The molecule has 3 aromatic rings. The SMILES string of the molecule is CN(C)c1ccc2c(c1)CCC=C2CC(=O)NCCc1ccc(S(=O)(=O)NC(=O)Nc2c3c(cc4c2CCC4)CCC3)cc1. The first-order valence-corrected chi connectivity index (χ1v) is 17.0. The van der Waals surface area contributed by atoms with Gasteiger partial charge in [0.15, 0.2) is 0 Å². The van der Waals surface area contributed by atoms with Crippen LogP contribution in [0.15, 0.2) is 59.5 Å². The third-order valence-electron chi connectivity index (χ3n) is 9.01. The standard InChI is InChI=1S/C35H40N4O4S/c1-39(2)28-14-17-30-26(21-28)6-3-7-27(30)22-33(40)36-19-18-23-12-15-29(16-13-23)44(42,43)38-35(41)37-34-31-10-4-8-24(31)20-25-9-5-11-32(25)34/h7,12-17,20-21H,3-6,8-11,18-19,22H2,1-2H3,(H,36,40)(H2,37,38,41). The fraction of sp³-hybridized carbons (Fsp3) is 0.371. The van der Waals surface area contributed by atoms with Gasteiger partial charge < -0.3 is 15.5 Å². The van der Waals surface area contributed by atoms with Gasteiger partial charge in [0.2, 0.25) is 5.91 Å². The summed E-state index contributed by atoms with van der Waals surface area (Å²) < 4.78 is 28.2. The number of hydrogen-bond acceptors (Lipinski definition) is 5. The van der Waals surface area contributed by atoms with Crippen LogP contribution in [0.3, 0.4) is 0 Å². The van der Waals surface area contributed by atoms with E-state index >= 15 is 0 Å². The molecule has 3 aliphatic rings. The summed E-state index contributed by atoms with van der Waals surface area (Å²) in [6, 6.07) is 14.4. The maximum absolute atomic E-state index is 13.0. The van der Waals surface area contributed by atoms with Crippen molar-refractivity contribution in [2.75, 3.05) is 30.9 Å². The molecule has 0 aliphatic heterocycles. The van der Waals surface area contributed by atoms with Crippen molar-refractivity contribution in [1.29, 1.82) is 0 Å². The van der Waals surface area contributed by atoms with E-state index in [4.69, 9.17) is 0 Å². The second kappa shape index (κ2) is 12.5. The van der Waals surface area contributed by atoms with E-state index in [-0.39, 0.29) is 10.8 Å². The summed E-state index contributed by atoms with van der Waals surface area (Å²) in [6.45, 7) is 0.441. The van der Waals surface area contributed by atoms with E-state index in [2.05, 4.69) is 50.6 Å². The summed E-state index contributed by atoms with van der Waals surface area (Å²) >= 11 is 0. The highest BCUT2D eigenvalue weighted by Gasteiger charge is 2.26. The smallest absolute Gasteiger partial charge is 0.333 e. The number of fused-ring (bicyclic) bond motifs is 3. The molecule has 0 unspecified atom stereocenters. The molecule has 0 bridgehead atoms. The van der Waals surface area contributed by atoms with E-state index in [1.54, 1.807) is 12.1 Å². The van der Waals surface area contributed by atoms with Crippen LogP contribution in [-0.2, 0) is 53.3 Å². The quantitative estimate of drug-likeness (QED) is 0.303. The molecule has 0 saturated heterocycles.